The van der Waals surface area contributed by atoms with Crippen molar-refractivity contribution in [1.82, 2.24) is 29.4 Å². The van der Waals surface area contributed by atoms with Crippen LogP contribution in [0.5, 0.6) is 0 Å². The minimum atomic E-state index is 0.188. The molecule has 0 bridgehead atoms. The monoisotopic (exact) mass is 392 g/mol. The lowest BCUT2D eigenvalue weighted by Crippen LogP contribution is -2.48. The highest BCUT2D eigenvalue weighted by molar-refractivity contribution is 6.31. The molecular formula is C19H29ClN6O. The number of hydrogen-bond donors (Lipinski definition) is 0. The fourth-order valence-corrected chi connectivity index (χ4v) is 3.66. The average molecular weight is 393 g/mol. The Morgan fingerprint density at radius 2 is 1.81 bits per heavy atom. The van der Waals surface area contributed by atoms with Crippen molar-refractivity contribution in [2.75, 3.05) is 26.2 Å². The third kappa shape index (κ3) is 4.52. The van der Waals surface area contributed by atoms with Crippen LogP contribution in [0.2, 0.25) is 5.02 Å². The number of hydrogen-bond acceptors (Lipinski definition) is 4. The second-order valence-corrected chi connectivity index (χ2v) is 7.59. The van der Waals surface area contributed by atoms with E-state index in [0.717, 1.165) is 56.4 Å². The van der Waals surface area contributed by atoms with E-state index in [1.807, 2.05) is 28.1 Å². The number of aryl methyl sites for hydroxylation is 4. The molecule has 2 aromatic heterocycles. The highest BCUT2D eigenvalue weighted by Crippen LogP contribution is 2.19. The molecule has 0 spiro atoms. The smallest absolute Gasteiger partial charge is 0.224 e. The Morgan fingerprint density at radius 3 is 2.37 bits per heavy atom. The molecule has 0 aromatic carbocycles. The molecule has 148 valence electrons. The van der Waals surface area contributed by atoms with Gasteiger partial charge in [-0.15, -0.1) is 0 Å². The SMILES string of the molecule is CCn1cc(CN2CCN(C(=O)CCn3nc(C)c(Cl)c3C)CC2)c(C)n1. The predicted molar refractivity (Wildman–Crippen MR) is 106 cm³/mol. The Hall–Kier alpha value is -1.86. The Labute approximate surface area is 165 Å². The molecule has 0 saturated carbocycles. The summed E-state index contributed by atoms with van der Waals surface area (Å²) >= 11 is 6.18. The molecule has 0 radical (unpaired) electrons. The van der Waals surface area contributed by atoms with Crippen LogP contribution < -0.4 is 0 Å². The Balaban J connectivity index is 1.47. The molecule has 1 aliphatic rings. The maximum Gasteiger partial charge on any atom is 0.224 e. The number of nitrogens with zero attached hydrogens (tertiary/aromatic N) is 6. The summed E-state index contributed by atoms with van der Waals surface area (Å²) in [7, 11) is 0. The number of carbonyl (C=O) groups excluding carboxylic acids is 1. The van der Waals surface area contributed by atoms with Gasteiger partial charge in [0.15, 0.2) is 0 Å². The third-order valence-electron chi connectivity index (χ3n) is 5.32. The van der Waals surface area contributed by atoms with Crippen LogP contribution >= 0.6 is 11.6 Å². The first kappa shape index (κ1) is 19.9. The van der Waals surface area contributed by atoms with E-state index in [2.05, 4.69) is 35.1 Å². The summed E-state index contributed by atoms with van der Waals surface area (Å²) in [6.07, 6.45) is 2.59. The van der Waals surface area contributed by atoms with E-state index in [1.165, 1.54) is 5.56 Å². The fourth-order valence-electron chi connectivity index (χ4n) is 3.53. The highest BCUT2D eigenvalue weighted by Gasteiger charge is 2.22. The van der Waals surface area contributed by atoms with E-state index in [4.69, 9.17) is 11.6 Å². The molecule has 0 aliphatic carbocycles. The van der Waals surface area contributed by atoms with Crippen LogP contribution in [0.15, 0.2) is 6.20 Å². The quantitative estimate of drug-likeness (QED) is 0.757. The van der Waals surface area contributed by atoms with Crippen molar-refractivity contribution in [2.24, 2.45) is 0 Å². The second-order valence-electron chi connectivity index (χ2n) is 7.21. The molecule has 0 unspecified atom stereocenters. The predicted octanol–water partition coefficient (Wildman–Crippen LogP) is 2.41. The molecule has 3 heterocycles. The molecule has 0 atom stereocenters. The van der Waals surface area contributed by atoms with Crippen molar-refractivity contribution in [2.45, 2.75) is 53.8 Å². The van der Waals surface area contributed by atoms with E-state index in [0.29, 0.717) is 18.0 Å². The molecule has 2 aromatic rings. The standard InChI is InChI=1S/C19H29ClN6O/c1-5-25-13-17(14(2)21-25)12-23-8-10-24(11-9-23)18(27)6-7-26-16(4)19(20)15(3)22-26/h13H,5-12H2,1-4H3. The summed E-state index contributed by atoms with van der Waals surface area (Å²) in [5, 5.41) is 9.61. The Kier molecular flexibility index (Phi) is 6.22. The van der Waals surface area contributed by atoms with Gasteiger partial charge in [-0.2, -0.15) is 10.2 Å². The molecule has 27 heavy (non-hydrogen) atoms. The van der Waals surface area contributed by atoms with Crippen molar-refractivity contribution in [3.8, 4) is 0 Å². The zero-order valence-corrected chi connectivity index (χ0v) is 17.5. The number of amides is 1. The van der Waals surface area contributed by atoms with Crippen molar-refractivity contribution < 1.29 is 4.79 Å². The topological polar surface area (TPSA) is 59.2 Å². The van der Waals surface area contributed by atoms with Crippen molar-refractivity contribution in [1.29, 1.82) is 0 Å². The molecule has 7 nitrogen and oxygen atoms in total. The van der Waals surface area contributed by atoms with Crippen LogP contribution in [0.3, 0.4) is 0 Å². The van der Waals surface area contributed by atoms with Crippen LogP contribution in [0.4, 0.5) is 0 Å². The van der Waals surface area contributed by atoms with Gasteiger partial charge in [0.25, 0.3) is 0 Å². The largest absolute Gasteiger partial charge is 0.340 e. The molecular weight excluding hydrogens is 364 g/mol. The van der Waals surface area contributed by atoms with Gasteiger partial charge in [0, 0.05) is 57.4 Å². The van der Waals surface area contributed by atoms with Crippen LogP contribution in [-0.4, -0.2) is 61.4 Å². The minimum absolute atomic E-state index is 0.188. The molecule has 1 saturated heterocycles. The van der Waals surface area contributed by atoms with Gasteiger partial charge in [0.1, 0.15) is 0 Å². The first-order valence-corrected chi connectivity index (χ1v) is 9.99. The Bertz CT molecular complexity index is 803. The molecule has 1 amide bonds. The van der Waals surface area contributed by atoms with Gasteiger partial charge < -0.3 is 4.90 Å². The lowest BCUT2D eigenvalue weighted by atomic mass is 10.2. The van der Waals surface area contributed by atoms with Crippen LogP contribution in [0.25, 0.3) is 0 Å². The van der Waals surface area contributed by atoms with E-state index in [-0.39, 0.29) is 5.91 Å². The van der Waals surface area contributed by atoms with Crippen molar-refractivity contribution in [3.05, 3.63) is 33.9 Å². The summed E-state index contributed by atoms with van der Waals surface area (Å²) in [6.45, 7) is 13.7. The third-order valence-corrected chi connectivity index (χ3v) is 5.87. The van der Waals surface area contributed by atoms with Crippen molar-refractivity contribution in [3.63, 3.8) is 0 Å². The molecule has 0 N–H and O–H groups in total. The normalized spacial score (nSPS) is 15.5. The number of rotatable bonds is 6. The average Bonchev–Trinajstić information content (AvgIpc) is 3.14. The van der Waals surface area contributed by atoms with Gasteiger partial charge in [-0.1, -0.05) is 11.6 Å². The lowest BCUT2D eigenvalue weighted by molar-refractivity contribution is -0.133. The number of halogens is 1. The van der Waals surface area contributed by atoms with E-state index < -0.39 is 0 Å². The maximum atomic E-state index is 12.6. The van der Waals surface area contributed by atoms with Gasteiger partial charge in [-0.05, 0) is 27.7 Å². The lowest BCUT2D eigenvalue weighted by Gasteiger charge is -2.34. The first-order chi connectivity index (χ1) is 12.9. The van der Waals surface area contributed by atoms with E-state index >= 15 is 0 Å². The zero-order valence-electron chi connectivity index (χ0n) is 16.7. The van der Waals surface area contributed by atoms with Gasteiger partial charge in [-0.25, -0.2) is 0 Å². The summed E-state index contributed by atoms with van der Waals surface area (Å²) in [5.41, 5.74) is 4.11. The second kappa shape index (κ2) is 8.44. The Morgan fingerprint density at radius 1 is 1.11 bits per heavy atom. The van der Waals surface area contributed by atoms with E-state index in [1.54, 1.807) is 0 Å². The highest BCUT2D eigenvalue weighted by atomic mass is 35.5. The van der Waals surface area contributed by atoms with Crippen molar-refractivity contribution >= 4 is 17.5 Å². The van der Waals surface area contributed by atoms with E-state index in [9.17, 15) is 4.79 Å². The van der Waals surface area contributed by atoms with Crippen LogP contribution in [-0.2, 0) is 24.4 Å². The first-order valence-electron chi connectivity index (χ1n) is 9.61. The maximum absolute atomic E-state index is 12.6. The number of aromatic nitrogens is 4. The molecule has 1 fully saturated rings. The fraction of sp³-hybridized carbons (Fsp3) is 0.632. The van der Waals surface area contributed by atoms with Gasteiger partial charge in [-0.3, -0.25) is 19.1 Å². The summed E-state index contributed by atoms with van der Waals surface area (Å²) < 4.78 is 3.82. The zero-order chi connectivity index (χ0) is 19.6. The molecule has 8 heteroatoms. The van der Waals surface area contributed by atoms with Gasteiger partial charge >= 0.3 is 0 Å². The van der Waals surface area contributed by atoms with Crippen LogP contribution in [0, 0.1) is 20.8 Å². The minimum Gasteiger partial charge on any atom is -0.340 e. The summed E-state index contributed by atoms with van der Waals surface area (Å²) in [4.78, 5) is 16.9. The van der Waals surface area contributed by atoms with Gasteiger partial charge in [0.2, 0.25) is 5.91 Å². The number of carbonyl (C=O) groups is 1. The number of piperazine rings is 1. The van der Waals surface area contributed by atoms with Gasteiger partial charge in [0.05, 0.1) is 28.6 Å². The van der Waals surface area contributed by atoms with Crippen LogP contribution in [0.1, 0.15) is 36.0 Å². The summed E-state index contributed by atoms with van der Waals surface area (Å²) in [5.74, 6) is 0.188. The molecule has 1 aliphatic heterocycles. The summed E-state index contributed by atoms with van der Waals surface area (Å²) in [6, 6.07) is 0. The molecule has 3 rings (SSSR count).